The fraction of sp³-hybridized carbons (Fsp3) is 0. The lowest BCUT2D eigenvalue weighted by molar-refractivity contribution is 0.469. The maximum atomic E-state index is 13.7. The molecule has 21 heavy (non-hydrogen) atoms. The molecule has 108 valence electrons. The second-order valence-corrected chi connectivity index (χ2v) is 5.51. The van der Waals surface area contributed by atoms with Crippen molar-refractivity contribution in [1.82, 2.24) is 4.72 Å². The predicted molar refractivity (Wildman–Crippen MR) is 80.9 cm³/mol. The molecular formula is C13H9ClFN3O2S. The summed E-state index contributed by atoms with van der Waals surface area (Å²) in [6.07, 6.45) is 0. The van der Waals surface area contributed by atoms with Crippen LogP contribution in [-0.4, -0.2) is 16.2 Å². The fourth-order valence-electron chi connectivity index (χ4n) is 1.77. The summed E-state index contributed by atoms with van der Waals surface area (Å²) in [4.78, 5) is 4.84. The minimum absolute atomic E-state index is 0.0584. The highest BCUT2D eigenvalue weighted by molar-refractivity contribution is 7.98. The maximum absolute atomic E-state index is 13.7. The first kappa shape index (κ1) is 13.8. The smallest absolute Gasteiger partial charge is 0.211 e. The van der Waals surface area contributed by atoms with E-state index in [0.717, 1.165) is 6.07 Å². The van der Waals surface area contributed by atoms with Gasteiger partial charge in [0.1, 0.15) is 23.0 Å². The monoisotopic (exact) mass is 325 g/mol. The Morgan fingerprint density at radius 3 is 2.81 bits per heavy atom. The van der Waals surface area contributed by atoms with Crippen LogP contribution in [0, 0.1) is 5.82 Å². The van der Waals surface area contributed by atoms with Gasteiger partial charge in [0.2, 0.25) is 5.96 Å². The zero-order chi connectivity index (χ0) is 15.0. The van der Waals surface area contributed by atoms with Crippen LogP contribution in [0.1, 0.15) is 0 Å². The summed E-state index contributed by atoms with van der Waals surface area (Å²) in [5.74, 6) is -0.578. The number of halogens is 2. The number of rotatable bonds is 1. The number of benzene rings is 2. The molecule has 0 amide bonds. The van der Waals surface area contributed by atoms with E-state index in [4.69, 9.17) is 11.6 Å². The highest BCUT2D eigenvalue weighted by Crippen LogP contribution is 2.41. The minimum atomic E-state index is -0.615. The number of hydrogen-bond acceptors (Lipinski definition) is 6. The Morgan fingerprint density at radius 2 is 2.05 bits per heavy atom. The molecule has 0 radical (unpaired) electrons. The molecule has 0 saturated heterocycles. The quantitative estimate of drug-likeness (QED) is 0.476. The molecule has 0 bridgehead atoms. The summed E-state index contributed by atoms with van der Waals surface area (Å²) >= 11 is 7.04. The Hall–Kier alpha value is -2.12. The molecule has 5 nitrogen and oxygen atoms in total. The Balaban J connectivity index is 1.92. The number of phenols is 2. The number of phenolic OH excluding ortho intramolecular Hbond substituents is 2. The highest BCUT2D eigenvalue weighted by atomic mass is 35.5. The second-order valence-electron chi connectivity index (χ2n) is 4.23. The minimum Gasteiger partial charge on any atom is -0.508 e. The van der Waals surface area contributed by atoms with Crippen molar-refractivity contribution in [3.05, 3.63) is 41.2 Å². The van der Waals surface area contributed by atoms with Crippen molar-refractivity contribution in [3.63, 3.8) is 0 Å². The zero-order valence-corrected chi connectivity index (χ0v) is 12.0. The number of fused-ring (bicyclic) bond motifs is 1. The third-order valence-corrected chi connectivity index (χ3v) is 3.75. The summed E-state index contributed by atoms with van der Waals surface area (Å²) in [6, 6.07) is 6.78. The molecule has 0 spiro atoms. The number of anilines is 1. The van der Waals surface area contributed by atoms with Gasteiger partial charge in [0, 0.05) is 17.2 Å². The summed E-state index contributed by atoms with van der Waals surface area (Å²) in [6.45, 7) is 0. The molecule has 8 heteroatoms. The van der Waals surface area contributed by atoms with Crippen LogP contribution in [0.15, 0.2) is 40.2 Å². The van der Waals surface area contributed by atoms with Crippen LogP contribution in [0.2, 0.25) is 5.02 Å². The van der Waals surface area contributed by atoms with Crippen molar-refractivity contribution in [2.75, 3.05) is 5.32 Å². The molecule has 1 heterocycles. The normalized spacial score (nSPS) is 13.1. The van der Waals surface area contributed by atoms with Crippen molar-refractivity contribution in [1.29, 1.82) is 0 Å². The van der Waals surface area contributed by atoms with Crippen molar-refractivity contribution in [2.45, 2.75) is 4.90 Å². The largest absolute Gasteiger partial charge is 0.508 e. The molecule has 2 aromatic rings. The van der Waals surface area contributed by atoms with Gasteiger partial charge < -0.3 is 15.5 Å². The molecule has 0 aliphatic carbocycles. The number of aromatic hydroxyl groups is 2. The van der Waals surface area contributed by atoms with E-state index in [1.165, 1.54) is 30.1 Å². The van der Waals surface area contributed by atoms with Crippen molar-refractivity contribution >= 4 is 40.9 Å². The third-order valence-electron chi connectivity index (χ3n) is 2.71. The Morgan fingerprint density at radius 1 is 1.24 bits per heavy atom. The van der Waals surface area contributed by atoms with Gasteiger partial charge in [-0.2, -0.15) is 0 Å². The Kier molecular flexibility index (Phi) is 3.52. The van der Waals surface area contributed by atoms with Crippen LogP contribution in [0.5, 0.6) is 11.5 Å². The molecule has 0 unspecified atom stereocenters. The lowest BCUT2D eigenvalue weighted by Gasteiger charge is -2.18. The Labute approximate surface area is 128 Å². The molecule has 1 aliphatic rings. The van der Waals surface area contributed by atoms with Crippen molar-refractivity contribution in [3.8, 4) is 11.5 Å². The number of nitrogens with zero attached hydrogens (tertiary/aromatic N) is 1. The topological polar surface area (TPSA) is 76.9 Å². The van der Waals surface area contributed by atoms with E-state index in [0.29, 0.717) is 15.6 Å². The summed E-state index contributed by atoms with van der Waals surface area (Å²) in [5.41, 5.74) is 0.501. The van der Waals surface area contributed by atoms with Crippen LogP contribution < -0.4 is 10.0 Å². The standard InChI is InChI=1S/C13H9ClFN3O2S/c14-6-3-10(20)12-11(4-6)21-18-13(17-12)16-9-2-1-7(19)5-8(9)15/h1-5,19-20H,(H2,16,17,18). The van der Waals surface area contributed by atoms with Gasteiger partial charge in [0.05, 0.1) is 10.6 Å². The van der Waals surface area contributed by atoms with Gasteiger partial charge in [-0.05, 0) is 30.1 Å². The molecule has 1 aliphatic heterocycles. The summed E-state index contributed by atoms with van der Waals surface area (Å²) in [7, 11) is 0. The van der Waals surface area contributed by atoms with Crippen molar-refractivity contribution in [2.24, 2.45) is 4.99 Å². The van der Waals surface area contributed by atoms with Gasteiger partial charge in [-0.1, -0.05) is 11.6 Å². The molecule has 2 aromatic carbocycles. The number of guanidine groups is 1. The third kappa shape index (κ3) is 2.84. The predicted octanol–water partition coefficient (Wildman–Crippen LogP) is 3.60. The van der Waals surface area contributed by atoms with E-state index in [2.05, 4.69) is 15.0 Å². The van der Waals surface area contributed by atoms with Crippen molar-refractivity contribution < 1.29 is 14.6 Å². The molecule has 3 rings (SSSR count). The van der Waals surface area contributed by atoms with E-state index < -0.39 is 5.82 Å². The van der Waals surface area contributed by atoms with Crippen LogP contribution in [-0.2, 0) is 0 Å². The van der Waals surface area contributed by atoms with E-state index in [1.54, 1.807) is 6.07 Å². The Bertz CT molecular complexity index is 754. The van der Waals surface area contributed by atoms with E-state index in [9.17, 15) is 14.6 Å². The molecule has 0 aromatic heterocycles. The molecule has 0 atom stereocenters. The second kappa shape index (κ2) is 5.34. The van der Waals surface area contributed by atoms with E-state index in [1.807, 2.05) is 0 Å². The fourth-order valence-corrected chi connectivity index (χ4v) is 2.79. The van der Waals surface area contributed by atoms with Gasteiger partial charge in [0.25, 0.3) is 0 Å². The SMILES string of the molecule is Oc1ccc(NC2=Nc3c(O)cc(Cl)cc3SN2)c(F)c1. The zero-order valence-electron chi connectivity index (χ0n) is 10.4. The maximum Gasteiger partial charge on any atom is 0.211 e. The number of aliphatic imine (C=N–C) groups is 1. The van der Waals surface area contributed by atoms with Gasteiger partial charge >= 0.3 is 0 Å². The van der Waals surface area contributed by atoms with Crippen LogP contribution >= 0.6 is 23.5 Å². The highest BCUT2D eigenvalue weighted by Gasteiger charge is 2.17. The number of nitrogens with one attached hydrogen (secondary N) is 2. The molecule has 0 saturated carbocycles. The van der Waals surface area contributed by atoms with Gasteiger partial charge in [-0.3, -0.25) is 4.72 Å². The average Bonchev–Trinajstić information content (AvgIpc) is 2.42. The average molecular weight is 326 g/mol. The molecular weight excluding hydrogens is 317 g/mol. The van der Waals surface area contributed by atoms with Gasteiger partial charge in [-0.15, -0.1) is 0 Å². The van der Waals surface area contributed by atoms with Gasteiger partial charge in [-0.25, -0.2) is 9.38 Å². The van der Waals surface area contributed by atoms with Crippen LogP contribution in [0.3, 0.4) is 0 Å². The lowest BCUT2D eigenvalue weighted by Crippen LogP contribution is -2.27. The summed E-state index contributed by atoms with van der Waals surface area (Å²) in [5, 5.41) is 22.2. The first-order chi connectivity index (χ1) is 10.0. The lowest BCUT2D eigenvalue weighted by atomic mass is 10.3. The van der Waals surface area contributed by atoms with E-state index in [-0.39, 0.29) is 23.1 Å². The van der Waals surface area contributed by atoms with E-state index >= 15 is 0 Å². The number of hydrogen-bond donors (Lipinski definition) is 4. The van der Waals surface area contributed by atoms with Crippen LogP contribution in [0.25, 0.3) is 0 Å². The molecule has 4 N–H and O–H groups in total. The summed E-state index contributed by atoms with van der Waals surface area (Å²) < 4.78 is 16.5. The first-order valence-electron chi connectivity index (χ1n) is 5.82. The van der Waals surface area contributed by atoms with Crippen LogP contribution in [0.4, 0.5) is 15.8 Å². The van der Waals surface area contributed by atoms with Gasteiger partial charge in [0.15, 0.2) is 0 Å². The molecule has 0 fully saturated rings. The first-order valence-corrected chi connectivity index (χ1v) is 7.02.